The Hall–Kier alpha value is -2.27. The van der Waals surface area contributed by atoms with E-state index in [1.54, 1.807) is 31.2 Å². The summed E-state index contributed by atoms with van der Waals surface area (Å²) in [5.74, 6) is -0.457. The minimum atomic E-state index is -0.386. The molecule has 22 heavy (non-hydrogen) atoms. The van der Waals surface area contributed by atoms with Crippen molar-refractivity contribution in [2.75, 3.05) is 6.54 Å². The van der Waals surface area contributed by atoms with Gasteiger partial charge in [0.2, 0.25) is 0 Å². The fourth-order valence-corrected chi connectivity index (χ4v) is 2.37. The molecule has 0 fully saturated rings. The molecule has 1 atom stereocenters. The van der Waals surface area contributed by atoms with Crippen LogP contribution in [0, 0.1) is 5.92 Å². The summed E-state index contributed by atoms with van der Waals surface area (Å²) in [4.78, 5) is 36.8. The molecule has 4 N–H and O–H groups in total. The van der Waals surface area contributed by atoms with Gasteiger partial charge in [0.25, 0.3) is 5.91 Å². The first kappa shape index (κ1) is 16.1. The van der Waals surface area contributed by atoms with E-state index >= 15 is 0 Å². The molecule has 1 aliphatic rings. The maximum atomic E-state index is 12.5. The van der Waals surface area contributed by atoms with Gasteiger partial charge in [-0.05, 0) is 6.92 Å². The Morgan fingerprint density at radius 2 is 1.68 bits per heavy atom. The first-order chi connectivity index (χ1) is 10.3. The fraction of sp³-hybridized carbons (Fsp3) is 0.353. The summed E-state index contributed by atoms with van der Waals surface area (Å²) in [6, 6.07) is 6.37. The second kappa shape index (κ2) is 6.23. The van der Waals surface area contributed by atoms with Crippen molar-refractivity contribution in [3.8, 4) is 0 Å². The quantitative estimate of drug-likeness (QED) is 0.860. The van der Waals surface area contributed by atoms with Crippen LogP contribution in [0.4, 0.5) is 0 Å². The third kappa shape index (κ3) is 2.85. The molecule has 0 radical (unpaired) electrons. The number of nitrogens with one attached hydrogen (secondary N) is 1. The Balaban J connectivity index is 2.22. The smallest absolute Gasteiger partial charge is 0.278 e. The van der Waals surface area contributed by atoms with Gasteiger partial charge in [-0.3, -0.25) is 14.4 Å². The van der Waals surface area contributed by atoms with Gasteiger partial charge in [-0.1, -0.05) is 38.1 Å². The fourth-order valence-electron chi connectivity index (χ4n) is 2.37. The summed E-state index contributed by atoms with van der Waals surface area (Å²) in [6.07, 6.45) is 0. The molecule has 116 valence electrons. The van der Waals surface area contributed by atoms with E-state index in [2.05, 4.69) is 11.1 Å². The molecule has 1 aliphatic carbocycles. The van der Waals surface area contributed by atoms with Crippen LogP contribution in [-0.4, -0.2) is 30.1 Å². The van der Waals surface area contributed by atoms with Gasteiger partial charge in [0, 0.05) is 34.7 Å². The van der Waals surface area contributed by atoms with Crippen molar-refractivity contribution in [2.24, 2.45) is 5.92 Å². The highest BCUT2D eigenvalue weighted by Crippen LogP contribution is 2.25. The van der Waals surface area contributed by atoms with E-state index in [0.717, 1.165) is 0 Å². The number of carbonyl (C=O) groups excluding carboxylic acids is 3. The Morgan fingerprint density at radius 3 is 2.23 bits per heavy atom. The molecule has 2 rings (SSSR count). The number of ketones is 2. The summed E-state index contributed by atoms with van der Waals surface area (Å²) in [6.45, 7) is 5.50. The number of amides is 1. The maximum Gasteiger partial charge on any atom is 0.278 e. The lowest BCUT2D eigenvalue weighted by molar-refractivity contribution is -0.414. The second-order valence-corrected chi connectivity index (χ2v) is 5.88. The number of allylic oxidation sites excluding steroid dienone is 1. The van der Waals surface area contributed by atoms with Gasteiger partial charge < -0.3 is 11.1 Å². The molecule has 1 unspecified atom stereocenters. The van der Waals surface area contributed by atoms with E-state index < -0.39 is 0 Å². The highest BCUT2D eigenvalue weighted by molar-refractivity contribution is 6.26. The molecule has 0 heterocycles. The molecule has 0 aromatic heterocycles. The van der Waals surface area contributed by atoms with Crippen molar-refractivity contribution in [3.05, 3.63) is 46.5 Å². The molecular formula is C17H21N2O3+. The van der Waals surface area contributed by atoms with E-state index in [1.807, 2.05) is 13.8 Å². The number of quaternary nitrogens is 1. The third-order valence-corrected chi connectivity index (χ3v) is 4.06. The highest BCUT2D eigenvalue weighted by Gasteiger charge is 2.30. The lowest BCUT2D eigenvalue weighted by Gasteiger charge is -2.20. The Bertz CT molecular complexity index is 674. The van der Waals surface area contributed by atoms with Crippen LogP contribution in [-0.2, 0) is 4.79 Å². The molecule has 5 nitrogen and oxygen atoms in total. The summed E-state index contributed by atoms with van der Waals surface area (Å²) < 4.78 is 0. The average molecular weight is 301 g/mol. The van der Waals surface area contributed by atoms with E-state index in [9.17, 15) is 14.4 Å². The zero-order chi connectivity index (χ0) is 16.4. The zero-order valence-corrected chi connectivity index (χ0v) is 13.1. The molecule has 0 aliphatic heterocycles. The monoisotopic (exact) mass is 301 g/mol. The number of fused-ring (bicyclic) bond motifs is 1. The van der Waals surface area contributed by atoms with Crippen molar-refractivity contribution >= 4 is 17.5 Å². The molecule has 1 aromatic rings. The van der Waals surface area contributed by atoms with Crippen molar-refractivity contribution in [1.29, 1.82) is 0 Å². The lowest BCUT2D eigenvalue weighted by atomic mass is 9.84. The number of Topliss-reactive ketones (excluding diaryl/α,β-unsaturated/α-hetero) is 2. The Kier molecular flexibility index (Phi) is 4.56. The number of hydrogen-bond donors (Lipinski definition) is 2. The molecule has 0 spiro atoms. The van der Waals surface area contributed by atoms with Crippen LogP contribution < -0.4 is 11.1 Å². The second-order valence-electron chi connectivity index (χ2n) is 5.88. The topological polar surface area (TPSA) is 90.9 Å². The average Bonchev–Trinajstić information content (AvgIpc) is 2.51. The molecular weight excluding hydrogens is 280 g/mol. The van der Waals surface area contributed by atoms with E-state index in [-0.39, 0.29) is 36.0 Å². The minimum Gasteiger partial charge on any atom is -0.347 e. The summed E-state index contributed by atoms with van der Waals surface area (Å²) in [5.41, 5.74) is 5.39. The molecule has 0 saturated carbocycles. The SMILES string of the molecule is CC1=C(CNC(=O)C([NH3+])C(C)C)C(=O)c2ccccc2C1=O. The molecule has 5 heteroatoms. The van der Waals surface area contributed by atoms with Gasteiger partial charge in [-0.15, -0.1) is 0 Å². The van der Waals surface area contributed by atoms with E-state index in [0.29, 0.717) is 22.3 Å². The number of benzene rings is 1. The Morgan fingerprint density at radius 1 is 1.14 bits per heavy atom. The normalized spacial score (nSPS) is 15.9. The Labute approximate surface area is 129 Å². The molecule has 0 bridgehead atoms. The first-order valence-electron chi connectivity index (χ1n) is 7.33. The van der Waals surface area contributed by atoms with Gasteiger partial charge in [-0.25, -0.2) is 0 Å². The standard InChI is InChI=1S/C17H20N2O3/c1-9(2)14(18)17(22)19-8-13-10(3)15(20)11-6-4-5-7-12(11)16(13)21/h4-7,9,14H,8,18H2,1-3H3,(H,19,22)/p+1. The van der Waals surface area contributed by atoms with Crippen LogP contribution >= 0.6 is 0 Å². The van der Waals surface area contributed by atoms with Gasteiger partial charge in [0.1, 0.15) is 0 Å². The molecule has 1 aromatic carbocycles. The van der Waals surface area contributed by atoms with E-state index in [1.165, 1.54) is 0 Å². The predicted molar refractivity (Wildman–Crippen MR) is 82.3 cm³/mol. The largest absolute Gasteiger partial charge is 0.347 e. The van der Waals surface area contributed by atoms with Crippen molar-refractivity contribution in [1.82, 2.24) is 5.32 Å². The number of carbonyl (C=O) groups is 3. The van der Waals surface area contributed by atoms with E-state index in [4.69, 9.17) is 0 Å². The lowest BCUT2D eigenvalue weighted by Crippen LogP contribution is -2.69. The van der Waals surface area contributed by atoms with Gasteiger partial charge in [0.15, 0.2) is 17.6 Å². The number of rotatable bonds is 4. The van der Waals surface area contributed by atoms with Crippen molar-refractivity contribution in [3.63, 3.8) is 0 Å². The van der Waals surface area contributed by atoms with Crippen LogP contribution in [0.2, 0.25) is 0 Å². The van der Waals surface area contributed by atoms with Crippen LogP contribution in [0.1, 0.15) is 41.5 Å². The van der Waals surface area contributed by atoms with Crippen LogP contribution in [0.15, 0.2) is 35.4 Å². The predicted octanol–water partition coefficient (Wildman–Crippen LogP) is 0.765. The van der Waals surface area contributed by atoms with Crippen LogP contribution in [0.25, 0.3) is 0 Å². The summed E-state index contributed by atoms with van der Waals surface area (Å²) in [7, 11) is 0. The van der Waals surface area contributed by atoms with Gasteiger partial charge >= 0.3 is 0 Å². The third-order valence-electron chi connectivity index (χ3n) is 4.06. The summed E-state index contributed by atoms with van der Waals surface area (Å²) >= 11 is 0. The molecule has 0 saturated heterocycles. The first-order valence-corrected chi connectivity index (χ1v) is 7.33. The van der Waals surface area contributed by atoms with Crippen molar-refractivity contribution in [2.45, 2.75) is 26.8 Å². The zero-order valence-electron chi connectivity index (χ0n) is 13.1. The van der Waals surface area contributed by atoms with Crippen LogP contribution in [0.5, 0.6) is 0 Å². The van der Waals surface area contributed by atoms with Crippen molar-refractivity contribution < 1.29 is 20.1 Å². The summed E-state index contributed by atoms with van der Waals surface area (Å²) in [5, 5.41) is 2.71. The minimum absolute atomic E-state index is 0.0579. The van der Waals surface area contributed by atoms with Gasteiger partial charge in [-0.2, -0.15) is 0 Å². The molecule has 1 amide bonds. The highest BCUT2D eigenvalue weighted by atomic mass is 16.2. The van der Waals surface area contributed by atoms with Gasteiger partial charge in [0.05, 0.1) is 0 Å². The van der Waals surface area contributed by atoms with Crippen LogP contribution in [0.3, 0.4) is 0 Å². The maximum absolute atomic E-state index is 12.5. The number of hydrogen-bond acceptors (Lipinski definition) is 3.